The third-order valence-electron chi connectivity index (χ3n) is 5.75. The number of carbonyl (C=O) groups is 2. The highest BCUT2D eigenvalue weighted by atomic mass is 19.4. The summed E-state index contributed by atoms with van der Waals surface area (Å²) in [4.78, 5) is 30.9. The highest BCUT2D eigenvalue weighted by Gasteiger charge is 2.42. The van der Waals surface area contributed by atoms with E-state index in [2.05, 4.69) is 4.90 Å². The molecule has 0 radical (unpaired) electrons. The minimum Gasteiger partial charge on any atom is -0.341 e. The zero-order chi connectivity index (χ0) is 20.5. The lowest BCUT2D eigenvalue weighted by Gasteiger charge is -2.35. The van der Waals surface area contributed by atoms with E-state index in [-0.39, 0.29) is 24.9 Å². The first-order valence-electron chi connectivity index (χ1n) is 9.63. The smallest absolute Gasteiger partial charge is 0.341 e. The zero-order valence-corrected chi connectivity index (χ0v) is 16.2. The van der Waals surface area contributed by atoms with Crippen LogP contribution in [0.4, 0.5) is 13.2 Å². The molecule has 0 unspecified atom stereocenters. The van der Waals surface area contributed by atoms with Crippen molar-refractivity contribution in [1.82, 2.24) is 14.7 Å². The molecule has 2 aliphatic heterocycles. The minimum atomic E-state index is -4.44. The zero-order valence-electron chi connectivity index (χ0n) is 16.2. The summed E-state index contributed by atoms with van der Waals surface area (Å²) in [5.74, 6) is -1.08. The second-order valence-electron chi connectivity index (χ2n) is 7.62. The Balaban J connectivity index is 1.87. The predicted molar refractivity (Wildman–Crippen MR) is 98.6 cm³/mol. The summed E-state index contributed by atoms with van der Waals surface area (Å²) >= 11 is 0. The van der Waals surface area contributed by atoms with Crippen LogP contribution >= 0.6 is 0 Å². The maximum Gasteiger partial charge on any atom is 0.416 e. The molecule has 0 aromatic heterocycles. The van der Waals surface area contributed by atoms with E-state index >= 15 is 0 Å². The Morgan fingerprint density at radius 2 is 1.75 bits per heavy atom. The Kier molecular flexibility index (Phi) is 5.98. The number of likely N-dealkylation sites (tertiary alicyclic amines) is 1. The van der Waals surface area contributed by atoms with Gasteiger partial charge in [-0.05, 0) is 18.7 Å². The topological polar surface area (TPSA) is 43.9 Å². The van der Waals surface area contributed by atoms with Crippen molar-refractivity contribution in [3.63, 3.8) is 0 Å². The van der Waals surface area contributed by atoms with Crippen molar-refractivity contribution < 1.29 is 22.8 Å². The third-order valence-corrected chi connectivity index (χ3v) is 5.75. The summed E-state index contributed by atoms with van der Waals surface area (Å²) in [5.41, 5.74) is -0.259. The van der Waals surface area contributed by atoms with Crippen LogP contribution in [0.1, 0.15) is 30.4 Å². The first kappa shape index (κ1) is 20.6. The number of nitrogens with zero attached hydrogens (tertiary/aromatic N) is 3. The number of hydrogen-bond acceptors (Lipinski definition) is 3. The molecular formula is C20H26F3N3O2. The van der Waals surface area contributed by atoms with Gasteiger partial charge in [-0.2, -0.15) is 13.2 Å². The number of likely N-dealkylation sites (N-methyl/N-ethyl adjacent to an activating group) is 1. The van der Waals surface area contributed by atoms with Gasteiger partial charge in [0.15, 0.2) is 0 Å². The van der Waals surface area contributed by atoms with Gasteiger partial charge in [0, 0.05) is 51.6 Å². The highest BCUT2D eigenvalue weighted by Crippen LogP contribution is 2.37. The van der Waals surface area contributed by atoms with Crippen LogP contribution in [-0.4, -0.2) is 72.8 Å². The van der Waals surface area contributed by atoms with Crippen molar-refractivity contribution in [1.29, 1.82) is 0 Å². The number of benzene rings is 1. The standard InChI is InChI=1S/C20H26F3N3O2/c1-3-18(27)26-12-16(14-5-4-6-15(11-14)20(21,22)23)17(13-26)19(28)25-9-7-24(2)8-10-25/h4-6,11,16-17H,3,7-10,12-13H2,1-2H3/t16-,17+/m1/s1. The van der Waals surface area contributed by atoms with Crippen molar-refractivity contribution in [2.24, 2.45) is 5.92 Å². The van der Waals surface area contributed by atoms with E-state index in [9.17, 15) is 22.8 Å². The van der Waals surface area contributed by atoms with Crippen molar-refractivity contribution in [2.75, 3.05) is 46.3 Å². The Hall–Kier alpha value is -2.09. The van der Waals surface area contributed by atoms with Crippen LogP contribution < -0.4 is 0 Å². The van der Waals surface area contributed by atoms with E-state index in [0.717, 1.165) is 25.2 Å². The molecule has 2 amide bonds. The lowest BCUT2D eigenvalue weighted by Crippen LogP contribution is -2.50. The lowest BCUT2D eigenvalue weighted by molar-refractivity contribution is -0.138. The molecule has 0 aliphatic carbocycles. The molecule has 154 valence electrons. The lowest BCUT2D eigenvalue weighted by atomic mass is 9.87. The Bertz CT molecular complexity index is 730. The predicted octanol–water partition coefficient (Wildman–Crippen LogP) is 2.43. The Labute approximate surface area is 163 Å². The summed E-state index contributed by atoms with van der Waals surface area (Å²) in [6, 6.07) is 5.16. The van der Waals surface area contributed by atoms with Gasteiger partial charge >= 0.3 is 6.18 Å². The summed E-state index contributed by atoms with van der Waals surface area (Å²) in [5, 5.41) is 0. The molecule has 1 aromatic rings. The maximum absolute atomic E-state index is 13.2. The molecule has 5 nitrogen and oxygen atoms in total. The fourth-order valence-electron chi connectivity index (χ4n) is 4.03. The Morgan fingerprint density at radius 3 is 2.36 bits per heavy atom. The maximum atomic E-state index is 13.2. The first-order chi connectivity index (χ1) is 13.2. The normalized spacial score (nSPS) is 23.9. The van der Waals surface area contributed by atoms with Gasteiger partial charge in [0.05, 0.1) is 11.5 Å². The molecule has 28 heavy (non-hydrogen) atoms. The molecule has 0 saturated carbocycles. The van der Waals surface area contributed by atoms with Crippen molar-refractivity contribution >= 4 is 11.8 Å². The van der Waals surface area contributed by atoms with Gasteiger partial charge in [0.25, 0.3) is 0 Å². The van der Waals surface area contributed by atoms with E-state index in [1.807, 2.05) is 7.05 Å². The van der Waals surface area contributed by atoms with Gasteiger partial charge in [-0.25, -0.2) is 0 Å². The van der Waals surface area contributed by atoms with Gasteiger partial charge < -0.3 is 14.7 Å². The van der Waals surface area contributed by atoms with Gasteiger partial charge in [-0.15, -0.1) is 0 Å². The van der Waals surface area contributed by atoms with E-state index < -0.39 is 23.6 Å². The van der Waals surface area contributed by atoms with E-state index in [1.54, 1.807) is 22.8 Å². The summed E-state index contributed by atoms with van der Waals surface area (Å²) in [7, 11) is 1.99. The fourth-order valence-corrected chi connectivity index (χ4v) is 4.03. The Morgan fingerprint density at radius 1 is 1.07 bits per heavy atom. The monoisotopic (exact) mass is 397 g/mol. The molecule has 2 saturated heterocycles. The molecule has 2 fully saturated rings. The number of alkyl halides is 3. The molecular weight excluding hydrogens is 371 g/mol. The van der Waals surface area contributed by atoms with Crippen LogP contribution in [0.15, 0.2) is 24.3 Å². The quantitative estimate of drug-likeness (QED) is 0.787. The molecule has 3 rings (SSSR count). The van der Waals surface area contributed by atoms with Gasteiger partial charge in [0.1, 0.15) is 0 Å². The summed E-state index contributed by atoms with van der Waals surface area (Å²) < 4.78 is 39.5. The molecule has 1 aromatic carbocycles. The molecule has 2 atom stereocenters. The van der Waals surface area contributed by atoms with Crippen LogP contribution in [0.25, 0.3) is 0 Å². The van der Waals surface area contributed by atoms with Crippen LogP contribution in [-0.2, 0) is 15.8 Å². The number of amides is 2. The van der Waals surface area contributed by atoms with Crippen molar-refractivity contribution in [3.05, 3.63) is 35.4 Å². The SMILES string of the molecule is CCC(=O)N1C[C@H](C(=O)N2CCN(C)CC2)[C@@H](c2cccc(C(F)(F)F)c2)C1. The van der Waals surface area contributed by atoms with E-state index in [4.69, 9.17) is 0 Å². The second-order valence-corrected chi connectivity index (χ2v) is 7.62. The molecule has 8 heteroatoms. The summed E-state index contributed by atoms with van der Waals surface area (Å²) in [6.45, 7) is 5.02. The molecule has 2 aliphatic rings. The largest absolute Gasteiger partial charge is 0.416 e. The first-order valence-corrected chi connectivity index (χ1v) is 9.63. The van der Waals surface area contributed by atoms with Gasteiger partial charge in [0.2, 0.25) is 11.8 Å². The average molecular weight is 397 g/mol. The fraction of sp³-hybridized carbons (Fsp3) is 0.600. The highest BCUT2D eigenvalue weighted by molar-refractivity contribution is 5.83. The van der Waals surface area contributed by atoms with Crippen LogP contribution in [0.5, 0.6) is 0 Å². The number of carbonyl (C=O) groups excluding carboxylic acids is 2. The van der Waals surface area contributed by atoms with Crippen molar-refractivity contribution in [2.45, 2.75) is 25.4 Å². The van der Waals surface area contributed by atoms with Gasteiger partial charge in [-0.1, -0.05) is 25.1 Å². The number of piperazine rings is 1. The number of rotatable bonds is 3. The van der Waals surface area contributed by atoms with Crippen molar-refractivity contribution in [3.8, 4) is 0 Å². The van der Waals surface area contributed by atoms with Crippen LogP contribution in [0, 0.1) is 5.92 Å². The third kappa shape index (κ3) is 4.32. The van der Waals surface area contributed by atoms with Crippen LogP contribution in [0.2, 0.25) is 0 Å². The average Bonchev–Trinajstić information content (AvgIpc) is 3.12. The van der Waals surface area contributed by atoms with Gasteiger partial charge in [-0.3, -0.25) is 9.59 Å². The van der Waals surface area contributed by atoms with E-state index in [0.29, 0.717) is 25.1 Å². The number of hydrogen-bond donors (Lipinski definition) is 0. The number of halogens is 3. The molecule has 0 N–H and O–H groups in total. The minimum absolute atomic E-state index is 0.0677. The molecule has 0 spiro atoms. The second kappa shape index (κ2) is 8.11. The van der Waals surface area contributed by atoms with Crippen LogP contribution in [0.3, 0.4) is 0 Å². The summed E-state index contributed by atoms with van der Waals surface area (Å²) in [6.07, 6.45) is -4.13. The van der Waals surface area contributed by atoms with E-state index in [1.165, 1.54) is 6.07 Å². The molecule has 2 heterocycles. The molecule has 0 bridgehead atoms.